The molecule has 0 spiro atoms. The predicted octanol–water partition coefficient (Wildman–Crippen LogP) is 0.960. The maximum Gasteiger partial charge on any atom is 0.328 e. The van der Waals surface area contributed by atoms with E-state index in [-0.39, 0.29) is 31.9 Å². The lowest BCUT2D eigenvalue weighted by Crippen LogP contribution is -2.55. The summed E-state index contributed by atoms with van der Waals surface area (Å²) >= 11 is 0. The summed E-state index contributed by atoms with van der Waals surface area (Å²) in [6.07, 6.45) is 0. The number of carboxylic acid groups (broad SMARTS) is 1. The van der Waals surface area contributed by atoms with E-state index in [2.05, 4.69) is 5.32 Å². The molecule has 2 amide bonds. The highest BCUT2D eigenvalue weighted by Crippen LogP contribution is 2.11. The molecule has 1 unspecified atom stereocenters. The second-order valence-electron chi connectivity index (χ2n) is 4.52. The molecule has 1 atom stereocenters. The quantitative estimate of drug-likeness (QED) is 0.871. The van der Waals surface area contributed by atoms with E-state index in [0.29, 0.717) is 0 Å². The Balaban J connectivity index is 1.98. The highest BCUT2D eigenvalue weighted by Gasteiger charge is 2.32. The fraction of sp³-hybridized carbons (Fsp3) is 0.385. The maximum absolute atomic E-state index is 13.4. The number of carboxylic acids is 1. The molecule has 2 rings (SSSR count). The monoisotopic (exact) mass is 300 g/mol. The molecule has 114 valence electrons. The first kappa shape index (κ1) is 15.2. The molecule has 2 N–H and O–H groups in total. The zero-order valence-electron chi connectivity index (χ0n) is 11.0. The summed E-state index contributed by atoms with van der Waals surface area (Å²) in [6, 6.07) is 1.32. The molecule has 1 aromatic rings. The summed E-state index contributed by atoms with van der Waals surface area (Å²) in [5, 5.41) is 11.4. The Labute approximate surface area is 119 Å². The average molecular weight is 300 g/mol. The number of halogens is 2. The molecule has 1 heterocycles. The van der Waals surface area contributed by atoms with Crippen LogP contribution in [0.5, 0.6) is 0 Å². The second-order valence-corrected chi connectivity index (χ2v) is 4.52. The van der Waals surface area contributed by atoms with Gasteiger partial charge in [0.2, 0.25) is 0 Å². The standard InChI is InChI=1S/C13H14F2N2O4/c14-9-2-1-8(10(15)5-9)6-16-13(20)17-3-4-21-7-11(17)12(18)19/h1-2,5,11H,3-4,6-7H2,(H,16,20)(H,18,19). The average Bonchev–Trinajstić information content (AvgIpc) is 2.46. The minimum Gasteiger partial charge on any atom is -0.480 e. The minimum atomic E-state index is -1.17. The van der Waals surface area contributed by atoms with Gasteiger partial charge in [0.25, 0.3) is 0 Å². The number of rotatable bonds is 3. The van der Waals surface area contributed by atoms with Crippen molar-refractivity contribution >= 4 is 12.0 Å². The first-order valence-corrected chi connectivity index (χ1v) is 6.28. The van der Waals surface area contributed by atoms with Gasteiger partial charge in [0.15, 0.2) is 6.04 Å². The Hall–Kier alpha value is -2.22. The van der Waals surface area contributed by atoms with Crippen LogP contribution in [0.15, 0.2) is 18.2 Å². The van der Waals surface area contributed by atoms with Gasteiger partial charge >= 0.3 is 12.0 Å². The van der Waals surface area contributed by atoms with Crippen molar-refractivity contribution in [2.45, 2.75) is 12.6 Å². The molecule has 1 aromatic carbocycles. The van der Waals surface area contributed by atoms with Crippen molar-refractivity contribution in [3.63, 3.8) is 0 Å². The summed E-state index contributed by atoms with van der Waals surface area (Å²) in [6.45, 7) is 0.124. The Morgan fingerprint density at radius 1 is 1.43 bits per heavy atom. The Kier molecular flexibility index (Phi) is 4.69. The van der Waals surface area contributed by atoms with Gasteiger partial charge in [-0.1, -0.05) is 6.07 Å². The van der Waals surface area contributed by atoms with Crippen LogP contribution in [0.4, 0.5) is 13.6 Å². The molecular formula is C13H14F2N2O4. The van der Waals surface area contributed by atoms with Crippen LogP contribution in [-0.4, -0.2) is 47.8 Å². The van der Waals surface area contributed by atoms with Gasteiger partial charge in [0.05, 0.1) is 13.2 Å². The Bertz CT molecular complexity index is 553. The van der Waals surface area contributed by atoms with Gasteiger partial charge < -0.3 is 20.1 Å². The van der Waals surface area contributed by atoms with Crippen molar-refractivity contribution < 1.29 is 28.2 Å². The summed E-state index contributed by atoms with van der Waals surface area (Å²) < 4.78 is 31.2. The number of ether oxygens (including phenoxy) is 1. The lowest BCUT2D eigenvalue weighted by atomic mass is 10.2. The largest absolute Gasteiger partial charge is 0.480 e. The van der Waals surface area contributed by atoms with Crippen LogP contribution in [0.1, 0.15) is 5.56 Å². The van der Waals surface area contributed by atoms with Gasteiger partial charge in [-0.3, -0.25) is 0 Å². The predicted molar refractivity (Wildman–Crippen MR) is 67.5 cm³/mol. The van der Waals surface area contributed by atoms with Crippen LogP contribution < -0.4 is 5.32 Å². The number of nitrogens with zero attached hydrogens (tertiary/aromatic N) is 1. The lowest BCUT2D eigenvalue weighted by molar-refractivity contribution is -0.147. The van der Waals surface area contributed by atoms with E-state index in [1.165, 1.54) is 6.07 Å². The van der Waals surface area contributed by atoms with Crippen LogP contribution in [0.25, 0.3) is 0 Å². The summed E-state index contributed by atoms with van der Waals surface area (Å²) in [5.41, 5.74) is 0.116. The Morgan fingerprint density at radius 3 is 2.86 bits per heavy atom. The van der Waals surface area contributed by atoms with E-state index in [1.807, 2.05) is 0 Å². The minimum absolute atomic E-state index is 0.0896. The first-order valence-electron chi connectivity index (χ1n) is 6.28. The zero-order chi connectivity index (χ0) is 15.4. The molecule has 6 nitrogen and oxygen atoms in total. The summed E-state index contributed by atoms with van der Waals surface area (Å²) in [7, 11) is 0. The van der Waals surface area contributed by atoms with E-state index in [4.69, 9.17) is 9.84 Å². The van der Waals surface area contributed by atoms with E-state index >= 15 is 0 Å². The van der Waals surface area contributed by atoms with Gasteiger partial charge in [-0.2, -0.15) is 0 Å². The zero-order valence-corrected chi connectivity index (χ0v) is 11.0. The van der Waals surface area contributed by atoms with Crippen molar-refractivity contribution in [3.8, 4) is 0 Å². The third kappa shape index (κ3) is 3.66. The van der Waals surface area contributed by atoms with Gasteiger partial charge in [-0.15, -0.1) is 0 Å². The van der Waals surface area contributed by atoms with Crippen LogP contribution in [0, 0.1) is 11.6 Å². The number of hydrogen-bond donors (Lipinski definition) is 2. The molecule has 1 fully saturated rings. The van der Waals surface area contributed by atoms with Crippen LogP contribution in [-0.2, 0) is 16.1 Å². The number of carbonyl (C=O) groups is 2. The normalized spacial score (nSPS) is 18.4. The van der Waals surface area contributed by atoms with Crippen molar-refractivity contribution in [2.24, 2.45) is 0 Å². The van der Waals surface area contributed by atoms with Crippen molar-refractivity contribution in [1.82, 2.24) is 10.2 Å². The molecule has 0 bridgehead atoms. The van der Waals surface area contributed by atoms with Crippen molar-refractivity contribution in [2.75, 3.05) is 19.8 Å². The highest BCUT2D eigenvalue weighted by molar-refractivity contribution is 5.83. The number of hydrogen-bond acceptors (Lipinski definition) is 3. The van der Waals surface area contributed by atoms with E-state index in [0.717, 1.165) is 17.0 Å². The molecule has 21 heavy (non-hydrogen) atoms. The van der Waals surface area contributed by atoms with Gasteiger partial charge in [0, 0.05) is 24.7 Å². The molecule has 1 aliphatic heterocycles. The van der Waals surface area contributed by atoms with Crippen molar-refractivity contribution in [3.05, 3.63) is 35.4 Å². The third-order valence-electron chi connectivity index (χ3n) is 3.12. The van der Waals surface area contributed by atoms with Crippen LogP contribution in [0.2, 0.25) is 0 Å². The Morgan fingerprint density at radius 2 is 2.19 bits per heavy atom. The number of morpholine rings is 1. The summed E-state index contributed by atoms with van der Waals surface area (Å²) in [4.78, 5) is 24.1. The molecule has 1 aliphatic rings. The number of nitrogens with one attached hydrogen (secondary N) is 1. The first-order chi connectivity index (χ1) is 9.99. The van der Waals surface area contributed by atoms with Gasteiger partial charge in [-0.05, 0) is 6.07 Å². The second kappa shape index (κ2) is 6.49. The number of aliphatic carboxylic acids is 1. The highest BCUT2D eigenvalue weighted by atomic mass is 19.1. The molecule has 0 aliphatic carbocycles. The van der Waals surface area contributed by atoms with Crippen LogP contribution >= 0.6 is 0 Å². The molecule has 0 aromatic heterocycles. The maximum atomic E-state index is 13.4. The van der Waals surface area contributed by atoms with E-state index in [1.54, 1.807) is 0 Å². The van der Waals surface area contributed by atoms with E-state index < -0.39 is 29.7 Å². The summed E-state index contributed by atoms with van der Waals surface area (Å²) in [5.74, 6) is -2.65. The number of urea groups is 1. The molecule has 1 saturated heterocycles. The number of carbonyl (C=O) groups excluding carboxylic acids is 1. The molecular weight excluding hydrogens is 286 g/mol. The molecule has 0 radical (unpaired) electrons. The molecule has 8 heteroatoms. The molecule has 0 saturated carbocycles. The SMILES string of the molecule is O=C(O)C1COCCN1C(=O)NCc1ccc(F)cc1F. The van der Waals surface area contributed by atoms with Crippen molar-refractivity contribution in [1.29, 1.82) is 0 Å². The smallest absolute Gasteiger partial charge is 0.328 e. The fourth-order valence-corrected chi connectivity index (χ4v) is 1.99. The number of benzene rings is 1. The van der Waals surface area contributed by atoms with Crippen LogP contribution in [0.3, 0.4) is 0 Å². The number of amides is 2. The fourth-order valence-electron chi connectivity index (χ4n) is 1.99. The van der Waals surface area contributed by atoms with E-state index in [9.17, 15) is 18.4 Å². The third-order valence-corrected chi connectivity index (χ3v) is 3.12. The topological polar surface area (TPSA) is 78.9 Å². The van der Waals surface area contributed by atoms with Gasteiger partial charge in [0.1, 0.15) is 11.6 Å². The van der Waals surface area contributed by atoms with Gasteiger partial charge in [-0.25, -0.2) is 18.4 Å². The lowest BCUT2D eigenvalue weighted by Gasteiger charge is -2.32.